The zero-order chi connectivity index (χ0) is 30.7. The smallest absolute Gasteiger partial charge is 0.318 e. The van der Waals surface area contributed by atoms with Crippen molar-refractivity contribution in [2.75, 3.05) is 26.2 Å². The van der Waals surface area contributed by atoms with E-state index >= 15 is 0 Å². The molecule has 3 amide bonds. The van der Waals surface area contributed by atoms with Crippen molar-refractivity contribution in [1.82, 2.24) is 20.4 Å². The largest absolute Gasteiger partial charge is 0.338 e. The van der Waals surface area contributed by atoms with Gasteiger partial charge in [0.2, 0.25) is 5.91 Å². The monoisotopic (exact) mass is 583 g/mol. The Balaban J connectivity index is 1.76. The fraction of sp³-hybridized carbons (Fsp3) is 0.364. The van der Waals surface area contributed by atoms with E-state index in [9.17, 15) is 24.5 Å². The van der Waals surface area contributed by atoms with E-state index in [0.29, 0.717) is 37.3 Å². The number of Topliss-reactive ketones (excluding diaryl/α,β-unsaturated/α-hetero) is 1. The molecule has 43 heavy (non-hydrogen) atoms. The molecule has 3 aromatic carbocycles. The van der Waals surface area contributed by atoms with Gasteiger partial charge in [0.05, 0.1) is 16.9 Å². The van der Waals surface area contributed by atoms with E-state index in [-0.39, 0.29) is 23.4 Å². The lowest BCUT2D eigenvalue weighted by molar-refractivity contribution is -0.384. The maximum absolute atomic E-state index is 14.6. The average Bonchev–Trinajstić information content (AvgIpc) is 3.37. The summed E-state index contributed by atoms with van der Waals surface area (Å²) in [7, 11) is 0. The van der Waals surface area contributed by atoms with Gasteiger partial charge in [-0.2, -0.15) is 0 Å². The first kappa shape index (κ1) is 29.9. The van der Waals surface area contributed by atoms with Gasteiger partial charge in [-0.3, -0.25) is 19.7 Å². The predicted molar refractivity (Wildman–Crippen MR) is 163 cm³/mol. The van der Waals surface area contributed by atoms with Crippen LogP contribution in [-0.2, 0) is 4.79 Å². The lowest BCUT2D eigenvalue weighted by atomic mass is 9.75. The van der Waals surface area contributed by atoms with Gasteiger partial charge in [0, 0.05) is 55.8 Å². The van der Waals surface area contributed by atoms with E-state index in [1.807, 2.05) is 51.1 Å². The van der Waals surface area contributed by atoms with Crippen LogP contribution in [0.1, 0.15) is 52.9 Å². The van der Waals surface area contributed by atoms with Crippen LogP contribution in [0.2, 0.25) is 0 Å². The molecule has 3 aromatic rings. The molecule has 0 aromatic heterocycles. The Morgan fingerprint density at radius 1 is 0.907 bits per heavy atom. The molecule has 0 aliphatic carbocycles. The van der Waals surface area contributed by atoms with Crippen molar-refractivity contribution in [3.8, 4) is 0 Å². The van der Waals surface area contributed by atoms with Gasteiger partial charge < -0.3 is 20.4 Å². The van der Waals surface area contributed by atoms with Gasteiger partial charge in [0.15, 0.2) is 5.78 Å². The van der Waals surface area contributed by atoms with Gasteiger partial charge in [-0.25, -0.2) is 4.79 Å². The fourth-order valence-corrected chi connectivity index (χ4v) is 6.27. The van der Waals surface area contributed by atoms with Crippen molar-refractivity contribution in [3.05, 3.63) is 111 Å². The number of non-ortho nitro benzene ring substituents is 1. The number of aryl methyl sites for hydroxylation is 1. The number of piperazine rings is 1. The summed E-state index contributed by atoms with van der Waals surface area (Å²) in [5, 5.41) is 17.7. The fourth-order valence-electron chi connectivity index (χ4n) is 6.27. The van der Waals surface area contributed by atoms with E-state index in [1.165, 1.54) is 12.1 Å². The topological polar surface area (TPSA) is 125 Å². The molecule has 2 heterocycles. The summed E-state index contributed by atoms with van der Waals surface area (Å²) in [6.07, 6.45) is 0. The Hall–Kier alpha value is -4.57. The van der Waals surface area contributed by atoms with Crippen LogP contribution in [0.5, 0.6) is 0 Å². The number of nitrogens with zero attached hydrogens (tertiary/aromatic N) is 3. The highest BCUT2D eigenvalue weighted by molar-refractivity contribution is 6.01. The van der Waals surface area contributed by atoms with Crippen LogP contribution in [0.25, 0.3) is 0 Å². The molecule has 2 fully saturated rings. The second-order valence-electron chi connectivity index (χ2n) is 11.5. The van der Waals surface area contributed by atoms with Crippen molar-refractivity contribution < 1.29 is 19.3 Å². The van der Waals surface area contributed by atoms with Crippen LogP contribution in [0.15, 0.2) is 78.9 Å². The van der Waals surface area contributed by atoms with Crippen molar-refractivity contribution in [2.45, 2.75) is 44.8 Å². The van der Waals surface area contributed by atoms with Gasteiger partial charge in [-0.15, -0.1) is 0 Å². The molecule has 0 spiro atoms. The molecule has 224 valence electrons. The molecular formula is C33H37N5O5. The highest BCUT2D eigenvalue weighted by Crippen LogP contribution is 2.52. The minimum atomic E-state index is -1.03. The predicted octanol–water partition coefficient (Wildman–Crippen LogP) is 4.46. The molecule has 2 aliphatic heterocycles. The summed E-state index contributed by atoms with van der Waals surface area (Å²) in [4.78, 5) is 57.6. The van der Waals surface area contributed by atoms with E-state index in [4.69, 9.17) is 0 Å². The lowest BCUT2D eigenvalue weighted by Gasteiger charge is -2.36. The number of benzene rings is 3. The van der Waals surface area contributed by atoms with Gasteiger partial charge >= 0.3 is 6.03 Å². The molecule has 2 saturated heterocycles. The molecule has 4 atom stereocenters. The molecule has 0 bridgehead atoms. The summed E-state index contributed by atoms with van der Waals surface area (Å²) in [5.74, 6) is -2.06. The number of hydrogen-bond donors (Lipinski definition) is 2. The molecule has 4 unspecified atom stereocenters. The summed E-state index contributed by atoms with van der Waals surface area (Å²) < 4.78 is 0. The van der Waals surface area contributed by atoms with Crippen LogP contribution < -0.4 is 10.6 Å². The molecule has 2 aliphatic rings. The normalized spacial score (nSPS) is 22.0. The Morgan fingerprint density at radius 3 is 2.09 bits per heavy atom. The number of likely N-dealkylation sites (tertiary alicyclic amines) is 1. The van der Waals surface area contributed by atoms with Crippen LogP contribution >= 0.6 is 0 Å². The minimum absolute atomic E-state index is 0.0952. The number of rotatable bonds is 7. The van der Waals surface area contributed by atoms with Crippen LogP contribution in [0.3, 0.4) is 0 Å². The maximum Gasteiger partial charge on any atom is 0.318 e. The third-order valence-electron chi connectivity index (χ3n) is 8.26. The number of urea groups is 1. The van der Waals surface area contributed by atoms with E-state index in [0.717, 1.165) is 11.1 Å². The van der Waals surface area contributed by atoms with Gasteiger partial charge in [-0.05, 0) is 31.9 Å². The van der Waals surface area contributed by atoms with Crippen LogP contribution in [0.4, 0.5) is 10.5 Å². The minimum Gasteiger partial charge on any atom is -0.338 e. The Bertz CT molecular complexity index is 1470. The number of hydrogen-bond acceptors (Lipinski definition) is 6. The van der Waals surface area contributed by atoms with Crippen molar-refractivity contribution in [2.24, 2.45) is 5.92 Å². The van der Waals surface area contributed by atoms with Gasteiger partial charge in [0.1, 0.15) is 6.04 Å². The third-order valence-corrected chi connectivity index (χ3v) is 8.26. The van der Waals surface area contributed by atoms with Crippen molar-refractivity contribution in [1.29, 1.82) is 0 Å². The van der Waals surface area contributed by atoms with Crippen LogP contribution in [-0.4, -0.2) is 70.7 Å². The Labute approximate surface area is 251 Å². The number of nitro groups is 1. The number of carbonyl (C=O) groups is 3. The number of carbonyl (C=O) groups excluding carboxylic acids is 3. The number of nitrogens with one attached hydrogen (secondary N) is 2. The number of ketones is 1. The Morgan fingerprint density at radius 2 is 1.51 bits per heavy atom. The molecule has 2 N–H and O–H groups in total. The van der Waals surface area contributed by atoms with Gasteiger partial charge in [-0.1, -0.05) is 72.3 Å². The van der Waals surface area contributed by atoms with E-state index in [1.54, 1.807) is 46.2 Å². The highest BCUT2D eigenvalue weighted by Gasteiger charge is 2.58. The summed E-state index contributed by atoms with van der Waals surface area (Å²) >= 11 is 0. The molecule has 0 saturated carbocycles. The Kier molecular flexibility index (Phi) is 8.86. The second-order valence-corrected chi connectivity index (χ2v) is 11.5. The average molecular weight is 584 g/mol. The number of nitro benzene ring substituents is 1. The third kappa shape index (κ3) is 6.15. The van der Waals surface area contributed by atoms with Crippen molar-refractivity contribution >= 4 is 23.4 Å². The zero-order valence-corrected chi connectivity index (χ0v) is 24.6. The van der Waals surface area contributed by atoms with Gasteiger partial charge in [0.25, 0.3) is 5.69 Å². The first-order valence-corrected chi connectivity index (χ1v) is 14.7. The molecule has 10 heteroatoms. The first-order valence-electron chi connectivity index (χ1n) is 14.7. The molecular weight excluding hydrogens is 546 g/mol. The van der Waals surface area contributed by atoms with Crippen LogP contribution in [0, 0.1) is 23.0 Å². The number of amides is 3. The van der Waals surface area contributed by atoms with E-state index < -0.39 is 34.9 Å². The molecule has 0 radical (unpaired) electrons. The lowest BCUT2D eigenvalue weighted by Crippen LogP contribution is -2.56. The maximum atomic E-state index is 14.6. The zero-order valence-electron chi connectivity index (χ0n) is 24.6. The first-order chi connectivity index (χ1) is 20.7. The highest BCUT2D eigenvalue weighted by atomic mass is 16.6. The van der Waals surface area contributed by atoms with E-state index in [2.05, 4.69) is 10.6 Å². The molecule has 5 rings (SSSR count). The standard InChI is InChI=1S/C33H37N5O5/c1-21(2)35-33(41)37-29(24-11-9-22(3)10-12-24)28(31(39)25-7-5-4-6-8-25)27(23-13-15-26(16-14-23)38(42)43)30(37)32(40)36-19-17-34-18-20-36/h4-16,21,27-30,34H,17-20H2,1-3H3,(H,35,41). The molecule has 10 nitrogen and oxygen atoms in total. The SMILES string of the molecule is Cc1ccc(C2C(C(=O)c3ccccc3)C(c3ccc([N+](=O)[O-])cc3)C(C(=O)N3CCNCC3)N2C(=O)NC(C)C)cc1. The quantitative estimate of drug-likeness (QED) is 0.240. The summed E-state index contributed by atoms with van der Waals surface area (Å²) in [5.41, 5.74) is 2.72. The van der Waals surface area contributed by atoms with Crippen molar-refractivity contribution in [3.63, 3.8) is 0 Å². The summed E-state index contributed by atoms with van der Waals surface area (Å²) in [6.45, 7) is 7.83. The second kappa shape index (κ2) is 12.7. The summed E-state index contributed by atoms with van der Waals surface area (Å²) in [6, 6.07) is 20.1.